The number of para-hydroxylation sites is 1. The molecule has 1 N–H and O–H groups in total. The van der Waals surface area contributed by atoms with E-state index in [0.29, 0.717) is 43.3 Å². The minimum atomic E-state index is -0.709. The fourth-order valence-electron chi connectivity index (χ4n) is 4.46. The standard InChI is InChI=1S/C26H23N3O4S/c1-13(2)15-9-11-16(12-10-15)21-19(25(32)33-4)14(3)27-26-29(21)24(31)22(34-26)20-17-7-5-6-8-18(17)28-23(20)30/h5-13,21H,1-4H3,(H,28,30)/b22-20-. The first kappa shape index (κ1) is 22.0. The zero-order valence-electron chi connectivity index (χ0n) is 19.2. The molecule has 34 heavy (non-hydrogen) atoms. The van der Waals surface area contributed by atoms with E-state index in [2.05, 4.69) is 24.2 Å². The number of nitrogens with one attached hydrogen (secondary N) is 1. The Balaban J connectivity index is 1.80. The summed E-state index contributed by atoms with van der Waals surface area (Å²) in [5.41, 5.74) is 4.02. The van der Waals surface area contributed by atoms with Gasteiger partial charge in [0.05, 0.1) is 30.0 Å². The number of carbonyl (C=O) groups excluding carboxylic acids is 2. The van der Waals surface area contributed by atoms with Crippen LogP contribution in [0, 0.1) is 0 Å². The molecule has 0 spiro atoms. The SMILES string of the molecule is COC(=O)C1=C(C)N=c2s/c(=C3\C(=O)Nc4ccccc43)c(=O)n2C1c1ccc(C(C)C)cc1. The van der Waals surface area contributed by atoms with Gasteiger partial charge in [0, 0.05) is 11.3 Å². The van der Waals surface area contributed by atoms with Crippen molar-refractivity contribution in [1.82, 2.24) is 4.57 Å². The first-order valence-electron chi connectivity index (χ1n) is 11.0. The van der Waals surface area contributed by atoms with Gasteiger partial charge in [-0.15, -0.1) is 0 Å². The highest BCUT2D eigenvalue weighted by molar-refractivity contribution is 7.07. The van der Waals surface area contributed by atoms with Crippen molar-refractivity contribution in [2.45, 2.75) is 32.7 Å². The van der Waals surface area contributed by atoms with Crippen molar-refractivity contribution in [2.75, 3.05) is 12.4 Å². The van der Waals surface area contributed by atoms with Crippen LogP contribution in [0.1, 0.15) is 49.4 Å². The number of anilines is 1. The maximum absolute atomic E-state index is 13.8. The van der Waals surface area contributed by atoms with E-state index in [0.717, 1.165) is 22.5 Å². The molecule has 7 nitrogen and oxygen atoms in total. The van der Waals surface area contributed by atoms with E-state index in [9.17, 15) is 14.4 Å². The average Bonchev–Trinajstić information content (AvgIpc) is 3.32. The van der Waals surface area contributed by atoms with Crippen molar-refractivity contribution < 1.29 is 14.3 Å². The van der Waals surface area contributed by atoms with Gasteiger partial charge in [0.2, 0.25) is 0 Å². The van der Waals surface area contributed by atoms with Crippen molar-refractivity contribution in [3.63, 3.8) is 0 Å². The van der Waals surface area contributed by atoms with Crippen LogP contribution >= 0.6 is 11.3 Å². The number of esters is 1. The van der Waals surface area contributed by atoms with Crippen LogP contribution in [0.5, 0.6) is 0 Å². The second-order valence-electron chi connectivity index (χ2n) is 8.59. The minimum Gasteiger partial charge on any atom is -0.466 e. The Morgan fingerprint density at radius 2 is 1.82 bits per heavy atom. The molecule has 5 rings (SSSR count). The van der Waals surface area contributed by atoms with Crippen molar-refractivity contribution in [1.29, 1.82) is 0 Å². The molecule has 2 aliphatic rings. The van der Waals surface area contributed by atoms with Gasteiger partial charge in [0.1, 0.15) is 4.53 Å². The molecule has 0 fully saturated rings. The smallest absolute Gasteiger partial charge is 0.338 e. The van der Waals surface area contributed by atoms with Crippen molar-refractivity contribution >= 4 is 34.5 Å². The molecule has 0 bridgehead atoms. The number of allylic oxidation sites excluding steroid dienone is 1. The second-order valence-corrected chi connectivity index (χ2v) is 9.57. The van der Waals surface area contributed by atoms with Crippen LogP contribution in [0.3, 0.4) is 0 Å². The number of thiazole rings is 1. The summed E-state index contributed by atoms with van der Waals surface area (Å²) in [5, 5.41) is 2.83. The Bertz CT molecular complexity index is 1560. The molecular weight excluding hydrogens is 450 g/mol. The summed E-state index contributed by atoms with van der Waals surface area (Å²) in [6, 6.07) is 14.4. The van der Waals surface area contributed by atoms with Gasteiger partial charge >= 0.3 is 5.97 Å². The van der Waals surface area contributed by atoms with E-state index in [-0.39, 0.29) is 11.5 Å². The van der Waals surface area contributed by atoms with Crippen LogP contribution in [0.15, 0.2) is 69.6 Å². The van der Waals surface area contributed by atoms with E-state index in [1.807, 2.05) is 42.5 Å². The molecule has 1 unspecified atom stereocenters. The number of methoxy groups -OCH3 is 1. The molecule has 0 saturated carbocycles. The Morgan fingerprint density at radius 3 is 2.50 bits per heavy atom. The van der Waals surface area contributed by atoms with Gasteiger partial charge in [-0.05, 0) is 30.0 Å². The van der Waals surface area contributed by atoms with Gasteiger partial charge in [-0.2, -0.15) is 0 Å². The van der Waals surface area contributed by atoms with Gasteiger partial charge < -0.3 is 10.1 Å². The van der Waals surface area contributed by atoms with Crippen molar-refractivity contribution in [3.05, 3.63) is 96.2 Å². The number of carbonyl (C=O) groups is 2. The predicted octanol–water partition coefficient (Wildman–Crippen LogP) is 2.85. The van der Waals surface area contributed by atoms with Crippen LogP contribution in [0.4, 0.5) is 5.69 Å². The molecule has 8 heteroatoms. The summed E-state index contributed by atoms with van der Waals surface area (Å²) < 4.78 is 6.86. The summed E-state index contributed by atoms with van der Waals surface area (Å²) in [4.78, 5) is 44.5. The number of aromatic nitrogens is 1. The minimum absolute atomic E-state index is 0.295. The van der Waals surface area contributed by atoms with Crippen molar-refractivity contribution in [3.8, 4) is 0 Å². The third kappa shape index (κ3) is 3.33. The highest BCUT2D eigenvalue weighted by Crippen LogP contribution is 2.32. The van der Waals surface area contributed by atoms with E-state index < -0.39 is 12.0 Å². The van der Waals surface area contributed by atoms with Gasteiger partial charge in [-0.1, -0.05) is 67.6 Å². The third-order valence-electron chi connectivity index (χ3n) is 6.22. The number of benzene rings is 2. The number of amides is 1. The molecular formula is C26H23N3O4S. The van der Waals surface area contributed by atoms with Crippen LogP contribution in [-0.2, 0) is 14.3 Å². The van der Waals surface area contributed by atoms with Gasteiger partial charge in [-0.3, -0.25) is 14.2 Å². The fourth-order valence-corrected chi connectivity index (χ4v) is 5.61. The Hall–Kier alpha value is -3.78. The summed E-state index contributed by atoms with van der Waals surface area (Å²) in [6.45, 7) is 5.95. The van der Waals surface area contributed by atoms with Gasteiger partial charge in [-0.25, -0.2) is 9.79 Å². The van der Waals surface area contributed by atoms with Gasteiger partial charge in [0.15, 0.2) is 4.80 Å². The third-order valence-corrected chi connectivity index (χ3v) is 7.27. The highest BCUT2D eigenvalue weighted by atomic mass is 32.1. The first-order chi connectivity index (χ1) is 16.3. The second kappa shape index (κ2) is 8.22. The molecule has 2 aliphatic heterocycles. The van der Waals surface area contributed by atoms with Crippen LogP contribution in [0.25, 0.3) is 5.57 Å². The van der Waals surface area contributed by atoms with Crippen LogP contribution in [0.2, 0.25) is 0 Å². The Labute approximate surface area is 199 Å². The largest absolute Gasteiger partial charge is 0.466 e. The molecule has 0 aliphatic carbocycles. The maximum atomic E-state index is 13.8. The summed E-state index contributed by atoms with van der Waals surface area (Å²) in [5.74, 6) is -0.523. The zero-order chi connectivity index (χ0) is 24.1. The molecule has 1 amide bonds. The lowest BCUT2D eigenvalue weighted by Crippen LogP contribution is -2.40. The average molecular weight is 474 g/mol. The summed E-state index contributed by atoms with van der Waals surface area (Å²) in [7, 11) is 1.31. The quantitative estimate of drug-likeness (QED) is 0.593. The lowest BCUT2D eigenvalue weighted by atomic mass is 9.93. The summed E-state index contributed by atoms with van der Waals surface area (Å²) in [6.07, 6.45) is 0. The first-order valence-corrected chi connectivity index (χ1v) is 11.8. The lowest BCUT2D eigenvalue weighted by Gasteiger charge is -2.24. The topological polar surface area (TPSA) is 89.8 Å². The number of rotatable bonds is 3. The Kier molecular flexibility index (Phi) is 5.32. The molecule has 1 atom stereocenters. The lowest BCUT2D eigenvalue weighted by molar-refractivity contribution is -0.136. The number of fused-ring (bicyclic) bond motifs is 2. The van der Waals surface area contributed by atoms with Crippen LogP contribution < -0.4 is 20.2 Å². The normalized spacial score (nSPS) is 18.4. The molecule has 3 aromatic rings. The van der Waals surface area contributed by atoms with E-state index in [1.165, 1.54) is 11.7 Å². The molecule has 0 radical (unpaired) electrons. The molecule has 2 aromatic carbocycles. The zero-order valence-corrected chi connectivity index (χ0v) is 20.0. The Morgan fingerprint density at radius 1 is 1.12 bits per heavy atom. The van der Waals surface area contributed by atoms with Crippen molar-refractivity contribution in [2.24, 2.45) is 4.99 Å². The van der Waals surface area contributed by atoms with Crippen LogP contribution in [-0.4, -0.2) is 23.6 Å². The molecule has 3 heterocycles. The molecule has 172 valence electrons. The maximum Gasteiger partial charge on any atom is 0.338 e. The number of ether oxygens (including phenoxy) is 1. The van der Waals surface area contributed by atoms with E-state index in [1.54, 1.807) is 13.0 Å². The molecule has 1 aromatic heterocycles. The van der Waals surface area contributed by atoms with Gasteiger partial charge in [0.25, 0.3) is 11.5 Å². The molecule has 0 saturated heterocycles. The monoisotopic (exact) mass is 473 g/mol. The number of hydrogen-bond acceptors (Lipinski definition) is 6. The fraction of sp³-hybridized carbons (Fsp3) is 0.231. The highest BCUT2D eigenvalue weighted by Gasteiger charge is 2.34. The number of nitrogens with zero attached hydrogens (tertiary/aromatic N) is 2. The number of hydrogen-bond donors (Lipinski definition) is 1. The van der Waals surface area contributed by atoms with E-state index in [4.69, 9.17) is 4.74 Å². The predicted molar refractivity (Wildman–Crippen MR) is 130 cm³/mol. The summed E-state index contributed by atoms with van der Waals surface area (Å²) >= 11 is 1.16. The van der Waals surface area contributed by atoms with E-state index >= 15 is 0 Å².